The van der Waals surface area contributed by atoms with Crippen LogP contribution in [-0.2, 0) is 32.6 Å². The van der Waals surface area contributed by atoms with Crippen molar-refractivity contribution in [1.29, 1.82) is 0 Å². The van der Waals surface area contributed by atoms with Crippen molar-refractivity contribution in [1.82, 2.24) is 10.2 Å². The number of carbonyl (C=O) groups excluding carboxylic acids is 2. The summed E-state index contributed by atoms with van der Waals surface area (Å²) >= 11 is 3.46. The van der Waals surface area contributed by atoms with Gasteiger partial charge in [-0.25, -0.2) is 8.42 Å². The molecule has 5 rings (SSSR count). The molecule has 1 saturated carbocycles. The molecule has 0 spiro atoms. The summed E-state index contributed by atoms with van der Waals surface area (Å²) in [4.78, 5) is 29.8. The Labute approximate surface area is 261 Å². The van der Waals surface area contributed by atoms with Gasteiger partial charge in [-0.3, -0.25) is 13.9 Å². The molecule has 1 unspecified atom stereocenters. The number of ether oxygens (including phenoxy) is 2. The van der Waals surface area contributed by atoms with E-state index in [0.29, 0.717) is 11.5 Å². The van der Waals surface area contributed by atoms with Crippen molar-refractivity contribution >= 4 is 43.5 Å². The highest BCUT2D eigenvalue weighted by Gasteiger charge is 2.35. The predicted molar refractivity (Wildman–Crippen MR) is 168 cm³/mol. The quantitative estimate of drug-likeness (QED) is 0.290. The van der Waals surface area contributed by atoms with Gasteiger partial charge in [0, 0.05) is 29.5 Å². The molecule has 0 bridgehead atoms. The Kier molecular flexibility index (Phi) is 9.92. The number of sulfonamides is 1. The molecule has 11 heteroatoms. The molecule has 1 aliphatic carbocycles. The number of halogens is 1. The highest BCUT2D eigenvalue weighted by atomic mass is 79.9. The van der Waals surface area contributed by atoms with Gasteiger partial charge in [0.05, 0.1) is 11.4 Å². The zero-order valence-electron chi connectivity index (χ0n) is 24.1. The lowest BCUT2D eigenvalue weighted by atomic mass is 10.0. The SMILES string of the molecule is CCS(=O)(=O)N(CC(=O)N(Cc1ccc(Br)cc1)C(Cc1ccccc1)C(=O)NC1CCCC1)c1ccc2c(c1)OCO2. The molecule has 0 radical (unpaired) electrons. The molecule has 0 saturated heterocycles. The molecule has 1 fully saturated rings. The van der Waals surface area contributed by atoms with E-state index < -0.39 is 28.5 Å². The van der Waals surface area contributed by atoms with Gasteiger partial charge in [0.1, 0.15) is 12.6 Å². The van der Waals surface area contributed by atoms with Gasteiger partial charge < -0.3 is 19.7 Å². The van der Waals surface area contributed by atoms with Crippen molar-refractivity contribution in [3.05, 3.63) is 88.4 Å². The van der Waals surface area contributed by atoms with Crippen LogP contribution in [0.5, 0.6) is 11.5 Å². The minimum absolute atomic E-state index is 0.0382. The second-order valence-electron chi connectivity index (χ2n) is 10.8. The largest absolute Gasteiger partial charge is 0.454 e. The lowest BCUT2D eigenvalue weighted by Crippen LogP contribution is -2.54. The van der Waals surface area contributed by atoms with Gasteiger partial charge in [-0.05, 0) is 55.2 Å². The number of amides is 2. The zero-order valence-corrected chi connectivity index (χ0v) is 26.5. The van der Waals surface area contributed by atoms with E-state index in [1.807, 2.05) is 54.6 Å². The second kappa shape index (κ2) is 13.8. The molecule has 1 heterocycles. The Balaban J connectivity index is 1.51. The highest BCUT2D eigenvalue weighted by molar-refractivity contribution is 9.10. The molecular formula is C32H36BrN3O6S. The molecule has 9 nitrogen and oxygen atoms in total. The fraction of sp³-hybridized carbons (Fsp3) is 0.375. The molecule has 2 amide bonds. The van der Waals surface area contributed by atoms with Crippen LogP contribution in [0.25, 0.3) is 0 Å². The Morgan fingerprint density at radius 3 is 2.35 bits per heavy atom. The molecule has 1 aliphatic heterocycles. The summed E-state index contributed by atoms with van der Waals surface area (Å²) in [7, 11) is -3.88. The van der Waals surface area contributed by atoms with Gasteiger partial charge in [0.2, 0.25) is 28.6 Å². The first-order valence-electron chi connectivity index (χ1n) is 14.5. The topological polar surface area (TPSA) is 105 Å². The van der Waals surface area contributed by atoms with E-state index in [4.69, 9.17) is 9.47 Å². The summed E-state index contributed by atoms with van der Waals surface area (Å²) < 4.78 is 39.6. The van der Waals surface area contributed by atoms with Gasteiger partial charge in [-0.15, -0.1) is 0 Å². The van der Waals surface area contributed by atoms with Crippen molar-refractivity contribution in [2.45, 2.75) is 57.7 Å². The molecule has 1 N–H and O–H groups in total. The standard InChI is InChI=1S/C32H36BrN3O6S/c1-2-43(39,40)36(27-16-17-29-30(19-27)42-22-41-29)21-31(37)35(20-24-12-14-25(33)15-13-24)28(18-23-8-4-3-5-9-23)32(38)34-26-10-6-7-11-26/h3-5,8-9,12-17,19,26,28H,2,6-7,10-11,18,20-22H2,1H3,(H,34,38). The van der Waals surface area contributed by atoms with Crippen LogP contribution in [0.2, 0.25) is 0 Å². The number of anilines is 1. The maximum Gasteiger partial charge on any atom is 0.244 e. The molecule has 43 heavy (non-hydrogen) atoms. The lowest BCUT2D eigenvalue weighted by Gasteiger charge is -2.34. The third-order valence-corrected chi connectivity index (χ3v) is 10.1. The molecule has 3 aromatic rings. The van der Waals surface area contributed by atoms with Crippen molar-refractivity contribution in [2.24, 2.45) is 0 Å². The first kappa shape index (κ1) is 30.9. The van der Waals surface area contributed by atoms with Gasteiger partial charge in [0.25, 0.3) is 0 Å². The minimum atomic E-state index is -3.88. The predicted octanol–water partition coefficient (Wildman–Crippen LogP) is 5.03. The number of rotatable bonds is 12. The zero-order chi connectivity index (χ0) is 30.4. The average molecular weight is 671 g/mol. The molecular weight excluding hydrogens is 634 g/mol. The summed E-state index contributed by atoms with van der Waals surface area (Å²) in [5.41, 5.74) is 2.01. The van der Waals surface area contributed by atoms with Gasteiger partial charge in [-0.1, -0.05) is 71.2 Å². The third kappa shape index (κ3) is 7.69. The molecule has 228 valence electrons. The van der Waals surface area contributed by atoms with E-state index in [2.05, 4.69) is 21.2 Å². The molecule has 1 atom stereocenters. The van der Waals surface area contributed by atoms with E-state index in [0.717, 1.165) is 45.6 Å². The van der Waals surface area contributed by atoms with Crippen LogP contribution in [0.3, 0.4) is 0 Å². The van der Waals surface area contributed by atoms with Crippen molar-refractivity contribution in [2.75, 3.05) is 23.4 Å². The summed E-state index contributed by atoms with van der Waals surface area (Å²) in [6, 6.07) is 21.1. The van der Waals surface area contributed by atoms with E-state index in [-0.39, 0.29) is 43.1 Å². The van der Waals surface area contributed by atoms with Crippen LogP contribution in [0.15, 0.2) is 77.3 Å². The summed E-state index contributed by atoms with van der Waals surface area (Å²) in [6.07, 6.45) is 4.19. The number of carbonyl (C=O) groups is 2. The maximum absolute atomic E-state index is 14.3. The van der Waals surface area contributed by atoms with E-state index in [1.165, 1.54) is 11.8 Å². The van der Waals surface area contributed by atoms with Crippen LogP contribution in [0.1, 0.15) is 43.7 Å². The molecule has 2 aliphatic rings. The van der Waals surface area contributed by atoms with Crippen LogP contribution < -0.4 is 19.1 Å². The first-order valence-corrected chi connectivity index (χ1v) is 16.9. The highest BCUT2D eigenvalue weighted by Crippen LogP contribution is 2.36. The van der Waals surface area contributed by atoms with Crippen LogP contribution >= 0.6 is 15.9 Å². The molecule has 0 aromatic heterocycles. The molecule has 3 aromatic carbocycles. The van der Waals surface area contributed by atoms with Crippen LogP contribution in [0.4, 0.5) is 5.69 Å². The Morgan fingerprint density at radius 2 is 1.65 bits per heavy atom. The van der Waals surface area contributed by atoms with Gasteiger partial charge in [0.15, 0.2) is 11.5 Å². The number of hydrogen-bond donors (Lipinski definition) is 1. The van der Waals surface area contributed by atoms with Crippen molar-refractivity contribution in [3.63, 3.8) is 0 Å². The fourth-order valence-electron chi connectivity index (χ4n) is 5.47. The second-order valence-corrected chi connectivity index (χ2v) is 13.9. The number of nitrogens with one attached hydrogen (secondary N) is 1. The average Bonchev–Trinajstić information content (AvgIpc) is 3.71. The first-order chi connectivity index (χ1) is 20.7. The van der Waals surface area contributed by atoms with Gasteiger partial charge in [-0.2, -0.15) is 0 Å². The third-order valence-electron chi connectivity index (χ3n) is 7.86. The number of benzene rings is 3. The van der Waals surface area contributed by atoms with Crippen molar-refractivity contribution < 1.29 is 27.5 Å². The van der Waals surface area contributed by atoms with Crippen LogP contribution in [-0.4, -0.2) is 56.3 Å². The lowest BCUT2D eigenvalue weighted by molar-refractivity contribution is -0.140. The monoisotopic (exact) mass is 669 g/mol. The minimum Gasteiger partial charge on any atom is -0.454 e. The maximum atomic E-state index is 14.3. The Hall–Kier alpha value is -3.57. The smallest absolute Gasteiger partial charge is 0.244 e. The number of hydrogen-bond acceptors (Lipinski definition) is 6. The Morgan fingerprint density at radius 1 is 0.953 bits per heavy atom. The summed E-state index contributed by atoms with van der Waals surface area (Å²) in [5, 5.41) is 3.18. The summed E-state index contributed by atoms with van der Waals surface area (Å²) in [6.45, 7) is 1.22. The van der Waals surface area contributed by atoms with E-state index in [1.54, 1.807) is 18.2 Å². The fourth-order valence-corrected chi connectivity index (χ4v) is 6.79. The van der Waals surface area contributed by atoms with E-state index >= 15 is 0 Å². The number of nitrogens with zero attached hydrogens (tertiary/aromatic N) is 2. The van der Waals surface area contributed by atoms with Crippen LogP contribution in [0, 0.1) is 0 Å². The van der Waals surface area contributed by atoms with E-state index in [9.17, 15) is 18.0 Å². The summed E-state index contributed by atoms with van der Waals surface area (Å²) in [5.74, 6) is -0.0238. The van der Waals surface area contributed by atoms with Crippen molar-refractivity contribution in [3.8, 4) is 11.5 Å². The Bertz CT molecular complexity index is 1530. The van der Waals surface area contributed by atoms with Gasteiger partial charge >= 0.3 is 0 Å². The normalized spacial score (nSPS) is 15.2. The number of fused-ring (bicyclic) bond motifs is 1.